The van der Waals surface area contributed by atoms with E-state index < -0.39 is 0 Å². The van der Waals surface area contributed by atoms with E-state index in [4.69, 9.17) is 10.5 Å². The minimum absolute atomic E-state index is 0. The summed E-state index contributed by atoms with van der Waals surface area (Å²) in [5, 5.41) is 2.40. The van der Waals surface area contributed by atoms with Gasteiger partial charge in [0.1, 0.15) is 0 Å². The predicted molar refractivity (Wildman–Crippen MR) is 101 cm³/mol. The molecule has 1 atom stereocenters. The molecular formula is C19H23ClN2O2. The van der Waals surface area contributed by atoms with Gasteiger partial charge in [0.25, 0.3) is 0 Å². The van der Waals surface area contributed by atoms with Gasteiger partial charge in [0.2, 0.25) is 0 Å². The number of halogens is 1. The standard InChI is InChI=1S/C19H22N2O2.ClH/c1-3-21-17-8-6-5-7-14(17)15-11-13(9-10-18(15)21)16(20)12-19(22)23-4-2;/h5-11,16H,3-4,12,20H2,1-2H3;1H/t16-;/m1./s1. The number of ether oxygens (including phenoxy) is 1. The molecule has 1 aromatic heterocycles. The summed E-state index contributed by atoms with van der Waals surface area (Å²) in [6.45, 7) is 5.24. The second-order valence-electron chi connectivity index (χ2n) is 5.65. The molecule has 2 N–H and O–H groups in total. The number of carbonyl (C=O) groups excluding carboxylic acids is 1. The maximum atomic E-state index is 11.6. The molecule has 0 spiro atoms. The summed E-state index contributed by atoms with van der Waals surface area (Å²) >= 11 is 0. The third-order valence-electron chi connectivity index (χ3n) is 4.23. The van der Waals surface area contributed by atoms with Crippen molar-refractivity contribution < 1.29 is 9.53 Å². The molecule has 3 rings (SSSR count). The number of aryl methyl sites for hydroxylation is 1. The third kappa shape index (κ3) is 3.25. The fourth-order valence-corrected chi connectivity index (χ4v) is 3.16. The molecule has 0 aliphatic rings. The molecule has 128 valence electrons. The van der Waals surface area contributed by atoms with Crippen LogP contribution in [-0.2, 0) is 16.1 Å². The van der Waals surface area contributed by atoms with Crippen molar-refractivity contribution >= 4 is 40.2 Å². The highest BCUT2D eigenvalue weighted by Crippen LogP contribution is 2.31. The van der Waals surface area contributed by atoms with Crippen LogP contribution in [0.15, 0.2) is 42.5 Å². The third-order valence-corrected chi connectivity index (χ3v) is 4.23. The quantitative estimate of drug-likeness (QED) is 0.705. The largest absolute Gasteiger partial charge is 0.466 e. The summed E-state index contributed by atoms with van der Waals surface area (Å²) < 4.78 is 7.29. The number of hydrogen-bond acceptors (Lipinski definition) is 3. The van der Waals surface area contributed by atoms with Crippen LogP contribution in [0, 0.1) is 0 Å². The highest BCUT2D eigenvalue weighted by Gasteiger charge is 2.15. The van der Waals surface area contributed by atoms with Gasteiger partial charge in [-0.3, -0.25) is 4.79 Å². The van der Waals surface area contributed by atoms with Crippen molar-refractivity contribution in [3.05, 3.63) is 48.0 Å². The number of nitrogens with zero attached hydrogens (tertiary/aromatic N) is 1. The van der Waals surface area contributed by atoms with E-state index in [1.54, 1.807) is 6.92 Å². The second kappa shape index (κ2) is 7.69. The SMILES string of the molecule is CCOC(=O)C[C@@H](N)c1ccc2c(c1)c1ccccc1n2CC.Cl. The molecule has 2 aromatic carbocycles. The van der Waals surface area contributed by atoms with Crippen LogP contribution in [0.3, 0.4) is 0 Å². The van der Waals surface area contributed by atoms with Gasteiger partial charge in [0, 0.05) is 34.4 Å². The van der Waals surface area contributed by atoms with Crippen LogP contribution in [-0.4, -0.2) is 17.1 Å². The zero-order valence-corrected chi connectivity index (χ0v) is 14.8. The first-order valence-electron chi connectivity index (χ1n) is 8.07. The van der Waals surface area contributed by atoms with E-state index in [2.05, 4.69) is 41.8 Å². The average molecular weight is 347 g/mol. The average Bonchev–Trinajstić information content (AvgIpc) is 2.88. The van der Waals surface area contributed by atoms with E-state index in [1.165, 1.54) is 21.8 Å². The molecule has 0 aliphatic carbocycles. The first kappa shape index (κ1) is 18.3. The zero-order valence-electron chi connectivity index (χ0n) is 14.0. The Hall–Kier alpha value is -2.04. The molecule has 0 bridgehead atoms. The maximum Gasteiger partial charge on any atom is 0.307 e. The Balaban J connectivity index is 0.00000208. The first-order chi connectivity index (χ1) is 11.2. The van der Waals surface area contributed by atoms with Crippen LogP contribution in [0.1, 0.15) is 31.9 Å². The molecule has 0 aliphatic heterocycles. The minimum atomic E-state index is -0.345. The molecule has 5 heteroatoms. The van der Waals surface area contributed by atoms with Gasteiger partial charge in [-0.15, -0.1) is 12.4 Å². The summed E-state index contributed by atoms with van der Waals surface area (Å²) in [5.41, 5.74) is 9.57. The molecule has 4 nitrogen and oxygen atoms in total. The predicted octanol–water partition coefficient (Wildman–Crippen LogP) is 4.19. The number of fused-ring (bicyclic) bond motifs is 3. The van der Waals surface area contributed by atoms with E-state index >= 15 is 0 Å². The normalized spacial score (nSPS) is 12.1. The van der Waals surface area contributed by atoms with Crippen LogP contribution in [0.2, 0.25) is 0 Å². The van der Waals surface area contributed by atoms with E-state index in [-0.39, 0.29) is 30.8 Å². The van der Waals surface area contributed by atoms with Gasteiger partial charge < -0.3 is 15.0 Å². The molecule has 0 radical (unpaired) electrons. The zero-order chi connectivity index (χ0) is 16.4. The lowest BCUT2D eigenvalue weighted by molar-refractivity contribution is -0.143. The number of hydrogen-bond donors (Lipinski definition) is 1. The van der Waals surface area contributed by atoms with Gasteiger partial charge >= 0.3 is 5.97 Å². The Labute approximate surface area is 148 Å². The molecule has 0 saturated carbocycles. The van der Waals surface area contributed by atoms with Crippen molar-refractivity contribution in [2.75, 3.05) is 6.61 Å². The topological polar surface area (TPSA) is 57.2 Å². The minimum Gasteiger partial charge on any atom is -0.466 e. The maximum absolute atomic E-state index is 11.6. The molecule has 24 heavy (non-hydrogen) atoms. The summed E-state index contributed by atoms with van der Waals surface area (Å²) in [5.74, 6) is -0.254. The molecular weight excluding hydrogens is 324 g/mol. The number of rotatable bonds is 5. The summed E-state index contributed by atoms with van der Waals surface area (Å²) in [6.07, 6.45) is 0.200. The van der Waals surface area contributed by atoms with Crippen LogP contribution in [0.25, 0.3) is 21.8 Å². The molecule has 3 aromatic rings. The van der Waals surface area contributed by atoms with E-state index in [0.29, 0.717) is 6.61 Å². The van der Waals surface area contributed by atoms with Crippen LogP contribution >= 0.6 is 12.4 Å². The number of nitrogens with two attached hydrogens (primary N) is 1. The van der Waals surface area contributed by atoms with Gasteiger partial charge in [-0.2, -0.15) is 0 Å². The highest BCUT2D eigenvalue weighted by atomic mass is 35.5. The lowest BCUT2D eigenvalue weighted by Gasteiger charge is -2.12. The number of aromatic nitrogens is 1. The summed E-state index contributed by atoms with van der Waals surface area (Å²) in [6, 6.07) is 14.2. The fraction of sp³-hybridized carbons (Fsp3) is 0.316. The van der Waals surface area contributed by atoms with Crippen molar-refractivity contribution in [3.63, 3.8) is 0 Å². The van der Waals surface area contributed by atoms with E-state index in [9.17, 15) is 4.79 Å². The van der Waals surface area contributed by atoms with Gasteiger partial charge in [0.05, 0.1) is 13.0 Å². The second-order valence-corrected chi connectivity index (χ2v) is 5.65. The fourth-order valence-electron chi connectivity index (χ4n) is 3.16. The number of esters is 1. The Morgan fingerprint density at radius 3 is 2.54 bits per heavy atom. The Morgan fingerprint density at radius 2 is 1.83 bits per heavy atom. The van der Waals surface area contributed by atoms with Gasteiger partial charge in [-0.25, -0.2) is 0 Å². The molecule has 1 heterocycles. The van der Waals surface area contributed by atoms with E-state index in [0.717, 1.165) is 12.1 Å². The lowest BCUT2D eigenvalue weighted by Crippen LogP contribution is -2.17. The first-order valence-corrected chi connectivity index (χ1v) is 8.07. The highest BCUT2D eigenvalue weighted by molar-refractivity contribution is 6.08. The van der Waals surface area contributed by atoms with Crippen LogP contribution in [0.5, 0.6) is 0 Å². The molecule has 0 amide bonds. The number of para-hydroxylation sites is 1. The van der Waals surface area contributed by atoms with Crippen LogP contribution in [0.4, 0.5) is 0 Å². The van der Waals surface area contributed by atoms with Crippen LogP contribution < -0.4 is 5.73 Å². The van der Waals surface area contributed by atoms with Crippen molar-refractivity contribution in [2.24, 2.45) is 5.73 Å². The van der Waals surface area contributed by atoms with Crippen molar-refractivity contribution in [1.29, 1.82) is 0 Å². The Kier molecular flexibility index (Phi) is 5.86. The van der Waals surface area contributed by atoms with Crippen molar-refractivity contribution in [1.82, 2.24) is 4.57 Å². The number of carbonyl (C=O) groups is 1. The van der Waals surface area contributed by atoms with Gasteiger partial charge in [-0.05, 0) is 37.6 Å². The molecule has 0 saturated heterocycles. The summed E-state index contributed by atoms with van der Waals surface area (Å²) in [7, 11) is 0. The van der Waals surface area contributed by atoms with Crippen molar-refractivity contribution in [3.8, 4) is 0 Å². The van der Waals surface area contributed by atoms with Crippen molar-refractivity contribution in [2.45, 2.75) is 32.9 Å². The number of benzene rings is 2. The smallest absolute Gasteiger partial charge is 0.307 e. The van der Waals surface area contributed by atoms with Gasteiger partial charge in [-0.1, -0.05) is 24.3 Å². The molecule has 0 fully saturated rings. The monoisotopic (exact) mass is 346 g/mol. The Bertz CT molecular complexity index is 857. The molecule has 0 unspecified atom stereocenters. The van der Waals surface area contributed by atoms with Gasteiger partial charge in [0.15, 0.2) is 0 Å². The van der Waals surface area contributed by atoms with E-state index in [1.807, 2.05) is 12.1 Å². The lowest BCUT2D eigenvalue weighted by atomic mass is 10.0. The Morgan fingerprint density at radius 1 is 1.12 bits per heavy atom. The summed E-state index contributed by atoms with van der Waals surface area (Å²) in [4.78, 5) is 11.6.